The van der Waals surface area contributed by atoms with Crippen molar-refractivity contribution in [3.8, 4) is 0 Å². The van der Waals surface area contributed by atoms with E-state index in [2.05, 4.69) is 19.2 Å². The van der Waals surface area contributed by atoms with E-state index in [1.165, 1.54) is 0 Å². The van der Waals surface area contributed by atoms with Gasteiger partial charge >= 0.3 is 0 Å². The normalized spacial score (nSPS) is 14.7. The molecule has 1 heterocycles. The lowest BCUT2D eigenvalue weighted by molar-refractivity contribution is -0.130. The van der Waals surface area contributed by atoms with Crippen LogP contribution < -0.4 is 5.32 Å². The topological polar surface area (TPSA) is 49.4 Å². The molecule has 2 amide bonds. The number of nitrogens with zero attached hydrogens (tertiary/aromatic N) is 1. The molecular weight excluding hydrogens is 272 g/mol. The molecule has 5 heteroatoms. The molecule has 2 rings (SSSR count). The molecule has 1 aliphatic heterocycles. The number of hydrogen-bond donors (Lipinski definition) is 1. The Morgan fingerprint density at radius 2 is 1.95 bits per heavy atom. The van der Waals surface area contributed by atoms with E-state index < -0.39 is 0 Å². The van der Waals surface area contributed by atoms with Crippen LogP contribution in [0.15, 0.2) is 18.2 Å². The third-order valence-electron chi connectivity index (χ3n) is 3.42. The molecule has 0 atom stereocenters. The van der Waals surface area contributed by atoms with E-state index in [4.69, 9.17) is 0 Å². The summed E-state index contributed by atoms with van der Waals surface area (Å²) < 4.78 is 0. The summed E-state index contributed by atoms with van der Waals surface area (Å²) in [6, 6.07) is 6.09. The molecule has 0 aliphatic carbocycles. The number of nitrogens with one attached hydrogen (secondary N) is 1. The smallest absolute Gasteiger partial charge is 0.244 e. The largest absolute Gasteiger partial charge is 0.324 e. The van der Waals surface area contributed by atoms with E-state index in [0.29, 0.717) is 11.6 Å². The molecular formula is C15H20N2O2S. The summed E-state index contributed by atoms with van der Waals surface area (Å²) in [5.74, 6) is 1.03. The van der Waals surface area contributed by atoms with Crippen LogP contribution in [-0.4, -0.2) is 34.9 Å². The number of hydrogen-bond acceptors (Lipinski definition) is 3. The molecule has 1 aromatic rings. The van der Waals surface area contributed by atoms with Crippen molar-refractivity contribution in [3.63, 3.8) is 0 Å². The van der Waals surface area contributed by atoms with Crippen LogP contribution in [0.25, 0.3) is 0 Å². The van der Waals surface area contributed by atoms with E-state index in [1.54, 1.807) is 16.7 Å². The minimum Gasteiger partial charge on any atom is -0.324 e. The first-order chi connectivity index (χ1) is 9.65. The third-order valence-corrected chi connectivity index (χ3v) is 4.37. The van der Waals surface area contributed by atoms with Gasteiger partial charge in [0.1, 0.15) is 6.54 Å². The van der Waals surface area contributed by atoms with Gasteiger partial charge in [-0.1, -0.05) is 32.0 Å². The Morgan fingerprint density at radius 3 is 2.45 bits per heavy atom. The van der Waals surface area contributed by atoms with Gasteiger partial charge in [-0.15, -0.1) is 11.8 Å². The monoisotopic (exact) mass is 292 g/mol. The summed E-state index contributed by atoms with van der Waals surface area (Å²) >= 11 is 1.55. The van der Waals surface area contributed by atoms with E-state index in [-0.39, 0.29) is 18.4 Å². The van der Waals surface area contributed by atoms with Crippen molar-refractivity contribution in [2.75, 3.05) is 23.5 Å². The highest BCUT2D eigenvalue weighted by atomic mass is 32.2. The summed E-state index contributed by atoms with van der Waals surface area (Å²) in [6.45, 7) is 4.29. The van der Waals surface area contributed by atoms with Gasteiger partial charge < -0.3 is 10.2 Å². The van der Waals surface area contributed by atoms with Crippen LogP contribution in [0.4, 0.5) is 5.69 Å². The number of para-hydroxylation sites is 1. The van der Waals surface area contributed by atoms with Crippen LogP contribution in [0.5, 0.6) is 0 Å². The maximum Gasteiger partial charge on any atom is 0.244 e. The van der Waals surface area contributed by atoms with Crippen LogP contribution in [0.2, 0.25) is 0 Å². The van der Waals surface area contributed by atoms with Crippen LogP contribution in [0.1, 0.15) is 25.0 Å². The minimum atomic E-state index is -0.114. The third kappa shape index (κ3) is 3.33. The molecule has 4 nitrogen and oxygen atoms in total. The number of aryl methyl sites for hydroxylation is 2. The van der Waals surface area contributed by atoms with E-state index in [9.17, 15) is 9.59 Å². The maximum absolute atomic E-state index is 12.1. The molecule has 20 heavy (non-hydrogen) atoms. The van der Waals surface area contributed by atoms with Gasteiger partial charge in [0.15, 0.2) is 0 Å². The maximum atomic E-state index is 12.1. The molecule has 1 saturated heterocycles. The van der Waals surface area contributed by atoms with E-state index in [1.807, 2.05) is 18.2 Å². The fourth-order valence-electron chi connectivity index (χ4n) is 2.30. The van der Waals surface area contributed by atoms with Crippen molar-refractivity contribution in [2.45, 2.75) is 26.7 Å². The number of anilines is 1. The summed E-state index contributed by atoms with van der Waals surface area (Å²) in [7, 11) is 0. The molecule has 1 aromatic carbocycles. The second kappa shape index (κ2) is 6.79. The average Bonchev–Trinajstić information content (AvgIpc) is 2.84. The van der Waals surface area contributed by atoms with Crippen LogP contribution in [0.3, 0.4) is 0 Å². The van der Waals surface area contributed by atoms with Crippen molar-refractivity contribution in [3.05, 3.63) is 29.3 Å². The first-order valence-electron chi connectivity index (χ1n) is 6.91. The molecule has 0 radical (unpaired) electrons. The first-order valence-corrected chi connectivity index (χ1v) is 8.07. The fraction of sp³-hybridized carbons (Fsp3) is 0.467. The minimum absolute atomic E-state index is 0.0460. The Morgan fingerprint density at radius 1 is 1.30 bits per heavy atom. The quantitative estimate of drug-likeness (QED) is 0.906. The highest BCUT2D eigenvalue weighted by Gasteiger charge is 2.23. The highest BCUT2D eigenvalue weighted by molar-refractivity contribution is 8.00. The van der Waals surface area contributed by atoms with Crippen LogP contribution in [-0.2, 0) is 22.4 Å². The summed E-state index contributed by atoms with van der Waals surface area (Å²) in [5, 5.41) is 2.99. The number of amides is 2. The van der Waals surface area contributed by atoms with Gasteiger partial charge in [-0.25, -0.2) is 0 Å². The Hall–Kier alpha value is -1.49. The molecule has 1 N–H and O–H groups in total. The zero-order chi connectivity index (χ0) is 14.5. The van der Waals surface area contributed by atoms with Gasteiger partial charge in [0, 0.05) is 5.69 Å². The van der Waals surface area contributed by atoms with Crippen LogP contribution >= 0.6 is 11.8 Å². The molecule has 0 bridgehead atoms. The Labute approximate surface area is 123 Å². The zero-order valence-electron chi connectivity index (χ0n) is 11.9. The standard InChI is InChI=1S/C15H20N2O2S/c1-3-11-6-5-7-12(4-2)15(11)16-13(18)8-17-10-20-9-14(17)19/h5-7H,3-4,8-10H2,1-2H3,(H,16,18). The first kappa shape index (κ1) is 14.9. The second-order valence-electron chi connectivity index (χ2n) is 4.78. The second-order valence-corrected chi connectivity index (χ2v) is 5.73. The van der Waals surface area contributed by atoms with Gasteiger partial charge in [0.05, 0.1) is 11.6 Å². The van der Waals surface area contributed by atoms with Crippen molar-refractivity contribution < 1.29 is 9.59 Å². The van der Waals surface area contributed by atoms with Crippen molar-refractivity contribution in [1.82, 2.24) is 4.90 Å². The molecule has 0 spiro atoms. The number of carbonyl (C=O) groups excluding carboxylic acids is 2. The van der Waals surface area contributed by atoms with Gasteiger partial charge in [-0.3, -0.25) is 9.59 Å². The van der Waals surface area contributed by atoms with Gasteiger partial charge in [0.25, 0.3) is 0 Å². The number of thioether (sulfide) groups is 1. The number of rotatable bonds is 5. The summed E-state index contributed by atoms with van der Waals surface area (Å²) in [5.41, 5.74) is 3.20. The lowest BCUT2D eigenvalue weighted by Gasteiger charge is -2.17. The number of carbonyl (C=O) groups is 2. The molecule has 108 valence electrons. The Balaban J connectivity index is 2.09. The predicted octanol–water partition coefficient (Wildman–Crippen LogP) is 2.28. The Kier molecular flexibility index (Phi) is 5.06. The lowest BCUT2D eigenvalue weighted by atomic mass is 10.0. The molecule has 1 fully saturated rings. The van der Waals surface area contributed by atoms with E-state index >= 15 is 0 Å². The predicted molar refractivity (Wildman–Crippen MR) is 82.9 cm³/mol. The van der Waals surface area contributed by atoms with Crippen molar-refractivity contribution >= 4 is 29.3 Å². The highest BCUT2D eigenvalue weighted by Crippen LogP contribution is 2.23. The van der Waals surface area contributed by atoms with Gasteiger partial charge in [0.2, 0.25) is 11.8 Å². The molecule has 0 aromatic heterocycles. The molecule has 0 unspecified atom stereocenters. The average molecular weight is 292 g/mol. The number of benzene rings is 1. The van der Waals surface area contributed by atoms with Gasteiger partial charge in [-0.2, -0.15) is 0 Å². The summed E-state index contributed by atoms with van der Waals surface area (Å²) in [6.07, 6.45) is 1.75. The summed E-state index contributed by atoms with van der Waals surface area (Å²) in [4.78, 5) is 25.3. The van der Waals surface area contributed by atoms with Crippen LogP contribution in [0, 0.1) is 0 Å². The van der Waals surface area contributed by atoms with Gasteiger partial charge in [-0.05, 0) is 24.0 Å². The van der Waals surface area contributed by atoms with Crippen molar-refractivity contribution in [1.29, 1.82) is 0 Å². The molecule has 1 aliphatic rings. The van der Waals surface area contributed by atoms with E-state index in [0.717, 1.165) is 29.7 Å². The SMILES string of the molecule is CCc1cccc(CC)c1NC(=O)CN1CSCC1=O. The van der Waals surface area contributed by atoms with Crippen molar-refractivity contribution in [2.24, 2.45) is 0 Å². The zero-order valence-corrected chi connectivity index (χ0v) is 12.8. The Bertz CT molecular complexity index is 494. The molecule has 0 saturated carbocycles. The fourth-order valence-corrected chi connectivity index (χ4v) is 3.20. The lowest BCUT2D eigenvalue weighted by Crippen LogP contribution is -2.34.